The van der Waals surface area contributed by atoms with E-state index in [0.29, 0.717) is 0 Å². The molecule has 18 heavy (non-hydrogen) atoms. The average molecular weight is 247 g/mol. The number of anilines is 1. The van der Waals surface area contributed by atoms with Gasteiger partial charge in [0.15, 0.2) is 0 Å². The van der Waals surface area contributed by atoms with Crippen LogP contribution < -0.4 is 4.90 Å². The van der Waals surface area contributed by atoms with Gasteiger partial charge in [-0.05, 0) is 42.5 Å². The lowest BCUT2D eigenvalue weighted by Crippen LogP contribution is -2.36. The minimum absolute atomic E-state index is 0.860. The van der Waals surface area contributed by atoms with Crippen LogP contribution in [0.25, 0.3) is 0 Å². The molecule has 1 aliphatic rings. The number of rotatable bonds is 5. The second kappa shape index (κ2) is 6.79. The van der Waals surface area contributed by atoms with E-state index in [2.05, 4.69) is 36.9 Å². The van der Waals surface area contributed by atoms with Crippen molar-refractivity contribution in [3.05, 3.63) is 29.3 Å². The van der Waals surface area contributed by atoms with Crippen LogP contribution in [0.2, 0.25) is 0 Å². The van der Waals surface area contributed by atoms with Crippen molar-refractivity contribution in [3.63, 3.8) is 0 Å². The fraction of sp³-hybridized carbons (Fsp3) is 0.625. The zero-order valence-electron chi connectivity index (χ0n) is 11.7. The molecule has 1 heterocycles. The summed E-state index contributed by atoms with van der Waals surface area (Å²) >= 11 is 0. The van der Waals surface area contributed by atoms with E-state index in [-0.39, 0.29) is 0 Å². The molecule has 2 heteroatoms. The van der Waals surface area contributed by atoms with Crippen LogP contribution in [-0.2, 0) is 17.6 Å². The standard InChI is InChI=1S/C16H25NO/c1-3-5-6-15-7-8-16(13-14(15)4-2)17-9-11-18-12-10-17/h7-8,13H,3-6,9-12H2,1-2H3. The van der Waals surface area contributed by atoms with Crippen LogP contribution in [0, 0.1) is 0 Å². The van der Waals surface area contributed by atoms with Gasteiger partial charge in [0.25, 0.3) is 0 Å². The summed E-state index contributed by atoms with van der Waals surface area (Å²) in [5.41, 5.74) is 4.43. The predicted octanol–water partition coefficient (Wildman–Crippen LogP) is 3.43. The first-order valence-corrected chi connectivity index (χ1v) is 7.29. The second-order valence-electron chi connectivity index (χ2n) is 5.01. The molecule has 100 valence electrons. The minimum Gasteiger partial charge on any atom is -0.378 e. The van der Waals surface area contributed by atoms with E-state index in [9.17, 15) is 0 Å². The summed E-state index contributed by atoms with van der Waals surface area (Å²) in [4.78, 5) is 2.44. The van der Waals surface area contributed by atoms with Crippen molar-refractivity contribution >= 4 is 5.69 Å². The number of hydrogen-bond donors (Lipinski definition) is 0. The van der Waals surface area contributed by atoms with E-state index in [1.165, 1.54) is 36.1 Å². The number of aryl methyl sites for hydroxylation is 2. The Labute approximate surface area is 111 Å². The van der Waals surface area contributed by atoms with Gasteiger partial charge in [-0.3, -0.25) is 0 Å². The van der Waals surface area contributed by atoms with Crippen molar-refractivity contribution in [1.82, 2.24) is 0 Å². The van der Waals surface area contributed by atoms with Gasteiger partial charge in [-0.2, -0.15) is 0 Å². The Morgan fingerprint density at radius 3 is 2.56 bits per heavy atom. The molecule has 1 aliphatic heterocycles. The SMILES string of the molecule is CCCCc1ccc(N2CCOCC2)cc1CC. The maximum absolute atomic E-state index is 5.41. The molecule has 0 atom stereocenters. The summed E-state index contributed by atoms with van der Waals surface area (Å²) in [5.74, 6) is 0. The van der Waals surface area contributed by atoms with Crippen molar-refractivity contribution < 1.29 is 4.74 Å². The number of nitrogens with zero attached hydrogens (tertiary/aromatic N) is 1. The highest BCUT2D eigenvalue weighted by Gasteiger charge is 2.12. The normalized spacial score (nSPS) is 16.0. The first-order valence-electron chi connectivity index (χ1n) is 7.29. The fourth-order valence-corrected chi connectivity index (χ4v) is 2.57. The van der Waals surface area contributed by atoms with Crippen LogP contribution in [0.15, 0.2) is 18.2 Å². The molecule has 1 fully saturated rings. The summed E-state index contributed by atoms with van der Waals surface area (Å²) in [6, 6.07) is 7.01. The number of morpholine rings is 1. The van der Waals surface area contributed by atoms with E-state index < -0.39 is 0 Å². The number of ether oxygens (including phenoxy) is 1. The molecular weight excluding hydrogens is 222 g/mol. The molecule has 0 unspecified atom stereocenters. The van der Waals surface area contributed by atoms with E-state index in [1.807, 2.05) is 0 Å². The summed E-state index contributed by atoms with van der Waals surface area (Å²) in [6.07, 6.45) is 4.93. The maximum atomic E-state index is 5.41. The second-order valence-corrected chi connectivity index (χ2v) is 5.01. The van der Waals surface area contributed by atoms with Crippen LogP contribution in [0.4, 0.5) is 5.69 Å². The van der Waals surface area contributed by atoms with Crippen molar-refractivity contribution in [1.29, 1.82) is 0 Å². The topological polar surface area (TPSA) is 12.5 Å². The highest BCUT2D eigenvalue weighted by Crippen LogP contribution is 2.22. The number of unbranched alkanes of at least 4 members (excludes halogenated alkanes) is 1. The van der Waals surface area contributed by atoms with Crippen LogP contribution >= 0.6 is 0 Å². The molecule has 2 nitrogen and oxygen atoms in total. The Morgan fingerprint density at radius 2 is 1.89 bits per heavy atom. The Balaban J connectivity index is 2.12. The molecule has 0 aliphatic carbocycles. The van der Waals surface area contributed by atoms with E-state index >= 15 is 0 Å². The van der Waals surface area contributed by atoms with E-state index in [0.717, 1.165) is 32.7 Å². The lowest BCUT2D eigenvalue weighted by molar-refractivity contribution is 0.122. The van der Waals surface area contributed by atoms with Gasteiger partial charge in [0.05, 0.1) is 13.2 Å². The van der Waals surface area contributed by atoms with Gasteiger partial charge < -0.3 is 9.64 Å². The number of hydrogen-bond acceptors (Lipinski definition) is 2. The first kappa shape index (κ1) is 13.4. The van der Waals surface area contributed by atoms with E-state index in [1.54, 1.807) is 0 Å². The largest absolute Gasteiger partial charge is 0.378 e. The molecule has 0 spiro atoms. The van der Waals surface area contributed by atoms with Gasteiger partial charge in [0.1, 0.15) is 0 Å². The van der Waals surface area contributed by atoms with Crippen molar-refractivity contribution in [2.45, 2.75) is 39.5 Å². The summed E-state index contributed by atoms with van der Waals surface area (Å²) in [7, 11) is 0. The molecule has 2 rings (SSSR count). The molecule has 0 aromatic heterocycles. The highest BCUT2D eigenvalue weighted by atomic mass is 16.5. The first-order chi connectivity index (χ1) is 8.85. The third kappa shape index (κ3) is 3.26. The summed E-state index contributed by atoms with van der Waals surface area (Å²) < 4.78 is 5.41. The van der Waals surface area contributed by atoms with Crippen molar-refractivity contribution in [2.24, 2.45) is 0 Å². The van der Waals surface area contributed by atoms with Gasteiger partial charge in [-0.15, -0.1) is 0 Å². The van der Waals surface area contributed by atoms with Crippen LogP contribution in [-0.4, -0.2) is 26.3 Å². The predicted molar refractivity (Wildman–Crippen MR) is 77.5 cm³/mol. The van der Waals surface area contributed by atoms with E-state index in [4.69, 9.17) is 4.74 Å². The third-order valence-electron chi connectivity index (χ3n) is 3.75. The van der Waals surface area contributed by atoms with Crippen molar-refractivity contribution in [2.75, 3.05) is 31.2 Å². The zero-order valence-corrected chi connectivity index (χ0v) is 11.7. The lowest BCUT2D eigenvalue weighted by atomic mass is 9.99. The molecule has 0 radical (unpaired) electrons. The molecule has 1 saturated heterocycles. The van der Waals surface area contributed by atoms with Gasteiger partial charge in [-0.1, -0.05) is 26.3 Å². The molecule has 0 saturated carbocycles. The quantitative estimate of drug-likeness (QED) is 0.790. The fourth-order valence-electron chi connectivity index (χ4n) is 2.57. The molecule has 1 aromatic rings. The Morgan fingerprint density at radius 1 is 1.11 bits per heavy atom. The summed E-state index contributed by atoms with van der Waals surface area (Å²) in [6.45, 7) is 8.29. The smallest absolute Gasteiger partial charge is 0.0642 e. The van der Waals surface area contributed by atoms with Gasteiger partial charge in [0.2, 0.25) is 0 Å². The molecule has 0 bridgehead atoms. The molecule has 0 amide bonds. The molecular formula is C16H25NO. The lowest BCUT2D eigenvalue weighted by Gasteiger charge is -2.29. The third-order valence-corrected chi connectivity index (χ3v) is 3.75. The van der Waals surface area contributed by atoms with Crippen LogP contribution in [0.5, 0.6) is 0 Å². The number of benzene rings is 1. The molecule has 0 N–H and O–H groups in total. The van der Waals surface area contributed by atoms with Gasteiger partial charge >= 0.3 is 0 Å². The maximum Gasteiger partial charge on any atom is 0.0642 e. The monoisotopic (exact) mass is 247 g/mol. The average Bonchev–Trinajstić information content (AvgIpc) is 2.46. The zero-order chi connectivity index (χ0) is 12.8. The van der Waals surface area contributed by atoms with Gasteiger partial charge in [0, 0.05) is 18.8 Å². The minimum atomic E-state index is 0.860. The Hall–Kier alpha value is -1.02. The Bertz CT molecular complexity index is 369. The highest BCUT2D eigenvalue weighted by molar-refractivity contribution is 5.51. The Kier molecular flexibility index (Phi) is 5.06. The van der Waals surface area contributed by atoms with Crippen LogP contribution in [0.1, 0.15) is 37.8 Å². The summed E-state index contributed by atoms with van der Waals surface area (Å²) in [5, 5.41) is 0. The van der Waals surface area contributed by atoms with Gasteiger partial charge in [-0.25, -0.2) is 0 Å². The van der Waals surface area contributed by atoms with Crippen LogP contribution in [0.3, 0.4) is 0 Å². The van der Waals surface area contributed by atoms with Crippen molar-refractivity contribution in [3.8, 4) is 0 Å². The molecule has 1 aromatic carbocycles.